The second kappa shape index (κ2) is 5.45. The van der Waals surface area contributed by atoms with E-state index in [2.05, 4.69) is 4.98 Å². The lowest BCUT2D eigenvalue weighted by atomic mass is 10.2. The SMILES string of the molecule is OCc1cc(F)cc(OCCn2ccnc2)c1. The Kier molecular flexibility index (Phi) is 3.72. The van der Waals surface area contributed by atoms with E-state index in [9.17, 15) is 4.39 Å². The van der Waals surface area contributed by atoms with Crippen LogP contribution in [0.4, 0.5) is 4.39 Å². The van der Waals surface area contributed by atoms with E-state index in [4.69, 9.17) is 9.84 Å². The van der Waals surface area contributed by atoms with Gasteiger partial charge in [0.15, 0.2) is 0 Å². The highest BCUT2D eigenvalue weighted by Crippen LogP contribution is 2.16. The zero-order chi connectivity index (χ0) is 12.1. The first kappa shape index (κ1) is 11.6. The van der Waals surface area contributed by atoms with Gasteiger partial charge in [0.05, 0.1) is 19.5 Å². The summed E-state index contributed by atoms with van der Waals surface area (Å²) in [5, 5.41) is 8.93. The number of rotatable bonds is 5. The molecule has 0 aliphatic heterocycles. The van der Waals surface area contributed by atoms with E-state index in [0.717, 1.165) is 0 Å². The summed E-state index contributed by atoms with van der Waals surface area (Å²) in [6.45, 7) is 0.866. The maximum Gasteiger partial charge on any atom is 0.127 e. The van der Waals surface area contributed by atoms with Crippen LogP contribution >= 0.6 is 0 Å². The number of aliphatic hydroxyl groups is 1. The highest BCUT2D eigenvalue weighted by Gasteiger charge is 2.01. The minimum atomic E-state index is -0.408. The quantitative estimate of drug-likeness (QED) is 0.857. The van der Waals surface area contributed by atoms with E-state index in [0.29, 0.717) is 24.5 Å². The molecule has 5 heteroatoms. The first-order chi connectivity index (χ1) is 8.28. The molecule has 17 heavy (non-hydrogen) atoms. The molecule has 0 radical (unpaired) electrons. The van der Waals surface area contributed by atoms with E-state index in [1.807, 2.05) is 10.8 Å². The number of halogens is 1. The predicted octanol–water partition coefficient (Wildman–Crippen LogP) is 1.59. The fourth-order valence-corrected chi connectivity index (χ4v) is 1.48. The van der Waals surface area contributed by atoms with Gasteiger partial charge in [-0.05, 0) is 17.7 Å². The summed E-state index contributed by atoms with van der Waals surface area (Å²) in [6, 6.07) is 4.20. The van der Waals surface area contributed by atoms with Crippen LogP contribution in [0.25, 0.3) is 0 Å². The van der Waals surface area contributed by atoms with Gasteiger partial charge in [-0.15, -0.1) is 0 Å². The number of aromatic nitrogens is 2. The third-order valence-electron chi connectivity index (χ3n) is 2.29. The first-order valence-corrected chi connectivity index (χ1v) is 5.27. The third-order valence-corrected chi connectivity index (χ3v) is 2.29. The monoisotopic (exact) mass is 236 g/mol. The Morgan fingerprint density at radius 2 is 2.24 bits per heavy atom. The zero-order valence-corrected chi connectivity index (χ0v) is 9.21. The van der Waals surface area contributed by atoms with Crippen molar-refractivity contribution >= 4 is 0 Å². The summed E-state index contributed by atoms with van der Waals surface area (Å²) in [7, 11) is 0. The predicted molar refractivity (Wildman–Crippen MR) is 60.0 cm³/mol. The van der Waals surface area contributed by atoms with Gasteiger partial charge in [-0.1, -0.05) is 0 Å². The van der Waals surface area contributed by atoms with Crippen molar-refractivity contribution in [3.8, 4) is 5.75 Å². The molecule has 1 aromatic heterocycles. The molecular weight excluding hydrogens is 223 g/mol. The Hall–Kier alpha value is -1.88. The van der Waals surface area contributed by atoms with Gasteiger partial charge in [-0.25, -0.2) is 9.37 Å². The minimum Gasteiger partial charge on any atom is -0.492 e. The molecule has 0 saturated carbocycles. The number of ether oxygens (including phenoxy) is 1. The maximum atomic E-state index is 13.1. The Balaban J connectivity index is 1.92. The van der Waals surface area contributed by atoms with Crippen LogP contribution < -0.4 is 4.74 Å². The lowest BCUT2D eigenvalue weighted by Crippen LogP contribution is -2.06. The molecule has 1 aromatic carbocycles. The molecule has 0 unspecified atom stereocenters. The average molecular weight is 236 g/mol. The van der Waals surface area contributed by atoms with Crippen molar-refractivity contribution in [2.75, 3.05) is 6.61 Å². The van der Waals surface area contributed by atoms with Gasteiger partial charge in [0.1, 0.15) is 18.2 Å². The molecule has 0 saturated heterocycles. The van der Waals surface area contributed by atoms with E-state index in [1.165, 1.54) is 12.1 Å². The standard InChI is InChI=1S/C12H13FN2O2/c13-11-5-10(8-16)6-12(7-11)17-4-3-15-2-1-14-9-15/h1-2,5-7,9,16H,3-4,8H2. The first-order valence-electron chi connectivity index (χ1n) is 5.27. The Labute approximate surface area is 98.3 Å². The Morgan fingerprint density at radius 3 is 2.94 bits per heavy atom. The largest absolute Gasteiger partial charge is 0.492 e. The molecule has 0 aliphatic carbocycles. The van der Waals surface area contributed by atoms with Gasteiger partial charge in [0, 0.05) is 18.5 Å². The van der Waals surface area contributed by atoms with Crippen molar-refractivity contribution in [2.45, 2.75) is 13.2 Å². The van der Waals surface area contributed by atoms with Crippen LogP contribution in [-0.4, -0.2) is 21.3 Å². The molecule has 1 heterocycles. The fourth-order valence-electron chi connectivity index (χ4n) is 1.48. The highest BCUT2D eigenvalue weighted by atomic mass is 19.1. The molecule has 1 N–H and O–H groups in total. The smallest absolute Gasteiger partial charge is 0.127 e. The van der Waals surface area contributed by atoms with Crippen LogP contribution in [0.1, 0.15) is 5.56 Å². The zero-order valence-electron chi connectivity index (χ0n) is 9.21. The van der Waals surface area contributed by atoms with E-state index < -0.39 is 5.82 Å². The van der Waals surface area contributed by atoms with Crippen LogP contribution in [-0.2, 0) is 13.2 Å². The molecule has 0 fully saturated rings. The summed E-state index contributed by atoms with van der Waals surface area (Å²) in [5.74, 6) is 0.0170. The normalized spacial score (nSPS) is 10.5. The molecule has 2 aromatic rings. The number of nitrogens with zero attached hydrogens (tertiary/aromatic N) is 2. The van der Waals surface area contributed by atoms with Crippen molar-refractivity contribution < 1.29 is 14.2 Å². The molecule has 0 spiro atoms. The Morgan fingerprint density at radius 1 is 1.35 bits per heavy atom. The third kappa shape index (κ3) is 3.29. The number of hydrogen-bond acceptors (Lipinski definition) is 3. The fraction of sp³-hybridized carbons (Fsp3) is 0.250. The van der Waals surface area contributed by atoms with Crippen LogP contribution in [0.2, 0.25) is 0 Å². The summed E-state index contributed by atoms with van der Waals surface area (Å²) in [6.07, 6.45) is 5.20. The molecular formula is C12H13FN2O2. The van der Waals surface area contributed by atoms with Crippen molar-refractivity contribution in [1.82, 2.24) is 9.55 Å². The molecule has 4 nitrogen and oxygen atoms in total. The second-order valence-electron chi connectivity index (χ2n) is 3.60. The van der Waals surface area contributed by atoms with Crippen molar-refractivity contribution in [3.63, 3.8) is 0 Å². The van der Waals surface area contributed by atoms with Crippen LogP contribution in [0.15, 0.2) is 36.9 Å². The number of benzene rings is 1. The molecule has 0 amide bonds. The second-order valence-corrected chi connectivity index (χ2v) is 3.60. The van der Waals surface area contributed by atoms with Gasteiger partial charge in [-0.2, -0.15) is 0 Å². The van der Waals surface area contributed by atoms with Crippen molar-refractivity contribution in [1.29, 1.82) is 0 Å². The van der Waals surface area contributed by atoms with E-state index in [1.54, 1.807) is 18.6 Å². The summed E-state index contributed by atoms with van der Waals surface area (Å²) >= 11 is 0. The van der Waals surface area contributed by atoms with Crippen LogP contribution in [0.3, 0.4) is 0 Å². The lowest BCUT2D eigenvalue weighted by Gasteiger charge is -2.08. The van der Waals surface area contributed by atoms with Crippen molar-refractivity contribution in [3.05, 3.63) is 48.3 Å². The lowest BCUT2D eigenvalue weighted by molar-refractivity contribution is 0.275. The molecule has 90 valence electrons. The van der Waals surface area contributed by atoms with Gasteiger partial charge in [0.2, 0.25) is 0 Å². The van der Waals surface area contributed by atoms with E-state index in [-0.39, 0.29) is 6.61 Å². The number of imidazole rings is 1. The average Bonchev–Trinajstić information content (AvgIpc) is 2.81. The summed E-state index contributed by atoms with van der Waals surface area (Å²) < 4.78 is 20.4. The summed E-state index contributed by atoms with van der Waals surface area (Å²) in [5.41, 5.74) is 0.502. The van der Waals surface area contributed by atoms with Gasteiger partial charge in [0.25, 0.3) is 0 Å². The summed E-state index contributed by atoms with van der Waals surface area (Å²) in [4.78, 5) is 3.90. The topological polar surface area (TPSA) is 47.3 Å². The molecule has 0 atom stereocenters. The molecule has 2 rings (SSSR count). The number of aliphatic hydroxyl groups excluding tert-OH is 1. The van der Waals surface area contributed by atoms with Gasteiger partial charge in [-0.3, -0.25) is 0 Å². The van der Waals surface area contributed by atoms with Crippen LogP contribution in [0, 0.1) is 5.82 Å². The minimum absolute atomic E-state index is 0.199. The number of hydrogen-bond donors (Lipinski definition) is 1. The van der Waals surface area contributed by atoms with Crippen molar-refractivity contribution in [2.24, 2.45) is 0 Å². The Bertz CT molecular complexity index is 471. The van der Waals surface area contributed by atoms with E-state index >= 15 is 0 Å². The van der Waals surface area contributed by atoms with Gasteiger partial charge < -0.3 is 14.4 Å². The van der Waals surface area contributed by atoms with Crippen LogP contribution in [0.5, 0.6) is 5.75 Å². The highest BCUT2D eigenvalue weighted by molar-refractivity contribution is 5.29. The molecule has 0 aliphatic rings. The van der Waals surface area contributed by atoms with Gasteiger partial charge >= 0.3 is 0 Å². The molecule has 0 bridgehead atoms. The maximum absolute atomic E-state index is 13.1.